The average molecular weight is 276 g/mol. The number of carbonyl (C=O) groups is 1. The highest BCUT2D eigenvalue weighted by Crippen LogP contribution is 2.21. The zero-order chi connectivity index (χ0) is 14.5. The molecule has 0 spiro atoms. The molecule has 2 aromatic carbocycles. The van der Waals surface area contributed by atoms with Crippen LogP contribution in [0.4, 0.5) is 8.78 Å². The minimum atomic E-state index is -0.820. The number of benzene rings is 2. The summed E-state index contributed by atoms with van der Waals surface area (Å²) in [5.74, 6) is -2.49. The fourth-order valence-corrected chi connectivity index (χ4v) is 1.77. The number of rotatable bonds is 5. The Hall–Kier alpha value is -2.23. The van der Waals surface area contributed by atoms with Crippen molar-refractivity contribution in [2.75, 3.05) is 6.61 Å². The average Bonchev–Trinajstić information content (AvgIpc) is 2.46. The maximum absolute atomic E-state index is 13.3. The fourth-order valence-electron chi connectivity index (χ4n) is 1.77. The highest BCUT2D eigenvalue weighted by Gasteiger charge is 2.12. The van der Waals surface area contributed by atoms with Gasteiger partial charge in [-0.15, -0.1) is 0 Å². The van der Waals surface area contributed by atoms with Crippen molar-refractivity contribution < 1.29 is 18.3 Å². The van der Waals surface area contributed by atoms with E-state index in [2.05, 4.69) is 0 Å². The summed E-state index contributed by atoms with van der Waals surface area (Å²) in [4.78, 5) is 11.9. The van der Waals surface area contributed by atoms with Crippen molar-refractivity contribution in [3.63, 3.8) is 0 Å². The molecule has 0 fully saturated rings. The Kier molecular flexibility index (Phi) is 4.45. The van der Waals surface area contributed by atoms with Gasteiger partial charge in [-0.2, -0.15) is 0 Å². The van der Waals surface area contributed by atoms with E-state index in [-0.39, 0.29) is 5.78 Å². The second-order valence-corrected chi connectivity index (χ2v) is 4.31. The van der Waals surface area contributed by atoms with E-state index in [1.807, 2.05) is 19.1 Å². The molecule has 0 unspecified atom stereocenters. The molecule has 2 rings (SSSR count). The lowest BCUT2D eigenvalue weighted by Crippen LogP contribution is -2.13. The van der Waals surface area contributed by atoms with Crippen molar-refractivity contribution in [1.29, 1.82) is 0 Å². The molecule has 20 heavy (non-hydrogen) atoms. The standard InChI is InChI=1S/C16H14F2O2/c1-2-11-6-8-12(9-7-11)15(19)10-20-16-13(17)4-3-5-14(16)18/h3-9H,2,10H2,1H3. The van der Waals surface area contributed by atoms with Gasteiger partial charge in [-0.3, -0.25) is 4.79 Å². The predicted molar refractivity (Wildman–Crippen MR) is 72.0 cm³/mol. The number of Topliss-reactive ketones (excluding diaryl/α,β-unsaturated/α-hetero) is 1. The van der Waals surface area contributed by atoms with Gasteiger partial charge in [-0.05, 0) is 24.1 Å². The molecule has 2 aromatic rings. The van der Waals surface area contributed by atoms with Crippen LogP contribution in [0.2, 0.25) is 0 Å². The molecule has 0 saturated heterocycles. The van der Waals surface area contributed by atoms with Gasteiger partial charge in [0.25, 0.3) is 0 Å². The van der Waals surface area contributed by atoms with E-state index < -0.39 is 24.0 Å². The van der Waals surface area contributed by atoms with Crippen molar-refractivity contribution in [1.82, 2.24) is 0 Å². The fraction of sp³-hybridized carbons (Fsp3) is 0.188. The van der Waals surface area contributed by atoms with Crippen LogP contribution in [-0.2, 0) is 6.42 Å². The first kappa shape index (κ1) is 14.2. The summed E-state index contributed by atoms with van der Waals surface area (Å²) in [6.45, 7) is 1.62. The van der Waals surface area contributed by atoms with E-state index >= 15 is 0 Å². The van der Waals surface area contributed by atoms with Gasteiger partial charge < -0.3 is 4.74 Å². The quantitative estimate of drug-likeness (QED) is 0.777. The van der Waals surface area contributed by atoms with Crippen LogP contribution in [0.1, 0.15) is 22.8 Å². The Labute approximate surface area is 116 Å². The molecule has 0 aromatic heterocycles. The Morgan fingerprint density at radius 2 is 1.65 bits per heavy atom. The Balaban J connectivity index is 2.04. The van der Waals surface area contributed by atoms with Crippen molar-refractivity contribution in [3.05, 3.63) is 65.2 Å². The van der Waals surface area contributed by atoms with Crippen molar-refractivity contribution in [3.8, 4) is 5.75 Å². The van der Waals surface area contributed by atoms with E-state index in [4.69, 9.17) is 4.74 Å². The van der Waals surface area contributed by atoms with Crippen LogP contribution in [0.15, 0.2) is 42.5 Å². The Bertz CT molecular complexity index is 586. The number of para-hydroxylation sites is 1. The second kappa shape index (κ2) is 6.28. The third-order valence-electron chi connectivity index (χ3n) is 2.95. The molecule has 0 aliphatic rings. The molecule has 0 bridgehead atoms. The SMILES string of the molecule is CCc1ccc(C(=O)COc2c(F)cccc2F)cc1. The molecule has 0 atom stereocenters. The summed E-state index contributed by atoms with van der Waals surface area (Å²) in [7, 11) is 0. The minimum absolute atomic E-state index is 0.324. The van der Waals surface area contributed by atoms with Crippen LogP contribution in [-0.4, -0.2) is 12.4 Å². The third-order valence-corrected chi connectivity index (χ3v) is 2.95. The second-order valence-electron chi connectivity index (χ2n) is 4.31. The highest BCUT2D eigenvalue weighted by atomic mass is 19.1. The molecule has 104 valence electrons. The lowest BCUT2D eigenvalue weighted by molar-refractivity contribution is 0.0915. The van der Waals surface area contributed by atoms with Crippen LogP contribution in [0.5, 0.6) is 5.75 Å². The molecule has 0 amide bonds. The Morgan fingerprint density at radius 3 is 2.20 bits per heavy atom. The smallest absolute Gasteiger partial charge is 0.200 e. The molecule has 0 aliphatic heterocycles. The maximum Gasteiger partial charge on any atom is 0.200 e. The van der Waals surface area contributed by atoms with Crippen LogP contribution < -0.4 is 4.74 Å². The number of aryl methyl sites for hydroxylation is 1. The number of halogens is 2. The molecule has 0 heterocycles. The van der Waals surface area contributed by atoms with Gasteiger partial charge in [0.05, 0.1) is 0 Å². The molecule has 0 saturated carbocycles. The Morgan fingerprint density at radius 1 is 1.05 bits per heavy atom. The predicted octanol–water partition coefficient (Wildman–Crippen LogP) is 3.79. The van der Waals surface area contributed by atoms with Crippen LogP contribution in [0.25, 0.3) is 0 Å². The number of carbonyl (C=O) groups excluding carboxylic acids is 1. The van der Waals surface area contributed by atoms with Crippen molar-refractivity contribution in [2.45, 2.75) is 13.3 Å². The topological polar surface area (TPSA) is 26.3 Å². The number of hydrogen-bond donors (Lipinski definition) is 0. The molecular weight excluding hydrogens is 262 g/mol. The molecular formula is C16H14F2O2. The van der Waals surface area contributed by atoms with Crippen LogP contribution >= 0.6 is 0 Å². The molecule has 0 radical (unpaired) electrons. The van der Waals surface area contributed by atoms with E-state index in [1.54, 1.807) is 12.1 Å². The lowest BCUT2D eigenvalue weighted by Gasteiger charge is -2.07. The highest BCUT2D eigenvalue weighted by molar-refractivity contribution is 5.97. The summed E-state index contributed by atoms with van der Waals surface area (Å²) in [5.41, 5.74) is 1.57. The minimum Gasteiger partial charge on any atom is -0.479 e. The molecule has 0 aliphatic carbocycles. The third kappa shape index (κ3) is 3.20. The summed E-state index contributed by atoms with van der Waals surface area (Å²) >= 11 is 0. The first-order chi connectivity index (χ1) is 9.61. The molecule has 0 N–H and O–H groups in total. The van der Waals surface area contributed by atoms with Gasteiger partial charge in [-0.1, -0.05) is 37.3 Å². The normalized spacial score (nSPS) is 10.3. The van der Waals surface area contributed by atoms with Gasteiger partial charge in [0, 0.05) is 5.56 Å². The summed E-state index contributed by atoms with van der Waals surface area (Å²) < 4.78 is 31.6. The first-order valence-electron chi connectivity index (χ1n) is 6.30. The van der Waals surface area contributed by atoms with Gasteiger partial charge in [-0.25, -0.2) is 8.78 Å². The summed E-state index contributed by atoms with van der Waals surface area (Å²) in [6, 6.07) is 10.5. The van der Waals surface area contributed by atoms with E-state index in [9.17, 15) is 13.6 Å². The van der Waals surface area contributed by atoms with Gasteiger partial charge in [0.2, 0.25) is 0 Å². The maximum atomic E-state index is 13.3. The van der Waals surface area contributed by atoms with Crippen LogP contribution in [0.3, 0.4) is 0 Å². The zero-order valence-electron chi connectivity index (χ0n) is 11.0. The van der Waals surface area contributed by atoms with Crippen molar-refractivity contribution >= 4 is 5.78 Å². The van der Waals surface area contributed by atoms with Gasteiger partial charge in [0.1, 0.15) is 0 Å². The number of hydrogen-bond acceptors (Lipinski definition) is 2. The summed E-state index contributed by atoms with van der Waals surface area (Å²) in [6.07, 6.45) is 0.880. The zero-order valence-corrected chi connectivity index (χ0v) is 11.0. The lowest BCUT2D eigenvalue weighted by atomic mass is 10.1. The van der Waals surface area contributed by atoms with E-state index in [0.717, 1.165) is 24.1 Å². The number of ketones is 1. The monoisotopic (exact) mass is 276 g/mol. The molecule has 4 heteroatoms. The molecule has 2 nitrogen and oxygen atoms in total. The largest absolute Gasteiger partial charge is 0.479 e. The van der Waals surface area contributed by atoms with Gasteiger partial charge in [0.15, 0.2) is 29.8 Å². The van der Waals surface area contributed by atoms with Crippen molar-refractivity contribution in [2.24, 2.45) is 0 Å². The summed E-state index contributed by atoms with van der Waals surface area (Å²) in [5, 5.41) is 0. The van der Waals surface area contributed by atoms with E-state index in [1.165, 1.54) is 6.07 Å². The van der Waals surface area contributed by atoms with Crippen LogP contribution in [0, 0.1) is 11.6 Å². The van der Waals surface area contributed by atoms with Gasteiger partial charge >= 0.3 is 0 Å². The number of ether oxygens (including phenoxy) is 1. The van der Waals surface area contributed by atoms with E-state index in [0.29, 0.717) is 5.56 Å². The first-order valence-corrected chi connectivity index (χ1v) is 6.30.